The lowest BCUT2D eigenvalue weighted by Gasteiger charge is -2.38. The first-order valence-electron chi connectivity index (χ1n) is 12.3. The average Bonchev–Trinajstić information content (AvgIpc) is 2.84. The van der Waals surface area contributed by atoms with Gasteiger partial charge in [-0.15, -0.1) is 0 Å². The van der Waals surface area contributed by atoms with Gasteiger partial charge in [0.2, 0.25) is 5.91 Å². The number of rotatable bonds is 6. The van der Waals surface area contributed by atoms with Crippen molar-refractivity contribution in [2.45, 2.75) is 52.5 Å². The molecule has 4 heteroatoms. The largest absolute Gasteiger partial charge is 0.342 e. The summed E-state index contributed by atoms with van der Waals surface area (Å²) >= 11 is 0. The first-order valence-corrected chi connectivity index (χ1v) is 12.3. The molecule has 0 atom stereocenters. The fourth-order valence-electron chi connectivity index (χ4n) is 5.24. The number of likely N-dealkylation sites (tertiary alicyclic amines) is 2. The number of pyridine rings is 1. The summed E-state index contributed by atoms with van der Waals surface area (Å²) in [6.45, 7) is 9.12. The molecule has 1 aromatic carbocycles. The molecular weight excluding hydrogens is 394 g/mol. The Hall–Kier alpha value is -2.46. The van der Waals surface area contributed by atoms with E-state index in [0.717, 1.165) is 64.8 Å². The number of aryl methyl sites for hydroxylation is 1. The molecule has 4 rings (SSSR count). The van der Waals surface area contributed by atoms with Crippen LogP contribution in [0.5, 0.6) is 0 Å². The van der Waals surface area contributed by atoms with E-state index in [9.17, 15) is 4.79 Å². The minimum atomic E-state index is 0.197. The summed E-state index contributed by atoms with van der Waals surface area (Å²) < 4.78 is 0. The minimum absolute atomic E-state index is 0.197. The van der Waals surface area contributed by atoms with E-state index in [1.807, 2.05) is 12.4 Å². The molecule has 2 aliphatic heterocycles. The van der Waals surface area contributed by atoms with Gasteiger partial charge in [0.15, 0.2) is 0 Å². The van der Waals surface area contributed by atoms with Crippen molar-refractivity contribution in [2.24, 2.45) is 11.8 Å². The minimum Gasteiger partial charge on any atom is -0.342 e. The van der Waals surface area contributed by atoms with E-state index in [-0.39, 0.29) is 5.92 Å². The molecule has 1 amide bonds. The van der Waals surface area contributed by atoms with E-state index in [1.54, 1.807) is 0 Å². The van der Waals surface area contributed by atoms with Crippen molar-refractivity contribution in [1.29, 1.82) is 0 Å². The van der Waals surface area contributed by atoms with Crippen LogP contribution < -0.4 is 0 Å². The molecule has 2 fully saturated rings. The molecule has 0 bridgehead atoms. The second-order valence-corrected chi connectivity index (χ2v) is 9.44. The second kappa shape index (κ2) is 10.9. The Morgan fingerprint density at radius 1 is 0.938 bits per heavy atom. The van der Waals surface area contributed by atoms with Gasteiger partial charge in [-0.25, -0.2) is 0 Å². The SMILES string of the molecule is CC/C=C(/c1ccc(C)cc1)C1CCN(C(=O)C2CCN(Cc3ccncc3)CC2)CC1. The van der Waals surface area contributed by atoms with Gasteiger partial charge in [0.25, 0.3) is 0 Å². The lowest BCUT2D eigenvalue weighted by Crippen LogP contribution is -2.45. The van der Waals surface area contributed by atoms with Crippen LogP contribution in [-0.4, -0.2) is 46.9 Å². The highest BCUT2D eigenvalue weighted by molar-refractivity contribution is 5.79. The third-order valence-electron chi connectivity index (χ3n) is 7.15. The molecule has 0 saturated carbocycles. The Morgan fingerprint density at radius 2 is 1.56 bits per heavy atom. The summed E-state index contributed by atoms with van der Waals surface area (Å²) in [5.41, 5.74) is 5.43. The molecule has 4 nitrogen and oxygen atoms in total. The van der Waals surface area contributed by atoms with Crippen molar-refractivity contribution in [3.8, 4) is 0 Å². The first-order chi connectivity index (χ1) is 15.6. The Bertz CT molecular complexity index is 890. The Labute approximate surface area is 193 Å². The molecule has 1 aromatic heterocycles. The molecule has 0 radical (unpaired) electrons. The van der Waals surface area contributed by atoms with Gasteiger partial charge in [-0.2, -0.15) is 0 Å². The number of allylic oxidation sites excluding steroid dienone is 2. The van der Waals surface area contributed by atoms with E-state index in [1.165, 1.54) is 22.3 Å². The second-order valence-electron chi connectivity index (χ2n) is 9.44. The zero-order chi connectivity index (χ0) is 22.3. The zero-order valence-electron chi connectivity index (χ0n) is 19.7. The number of piperidine rings is 2. The van der Waals surface area contributed by atoms with Crippen molar-refractivity contribution in [3.05, 3.63) is 71.6 Å². The number of hydrogen-bond donors (Lipinski definition) is 0. The number of nitrogens with zero attached hydrogens (tertiary/aromatic N) is 3. The van der Waals surface area contributed by atoms with Crippen molar-refractivity contribution >= 4 is 11.5 Å². The van der Waals surface area contributed by atoms with Crippen molar-refractivity contribution in [1.82, 2.24) is 14.8 Å². The van der Waals surface area contributed by atoms with Crippen LogP contribution >= 0.6 is 0 Å². The highest BCUT2D eigenvalue weighted by Crippen LogP contribution is 2.33. The van der Waals surface area contributed by atoms with Crippen LogP contribution in [0.25, 0.3) is 5.57 Å². The lowest BCUT2D eigenvalue weighted by molar-refractivity contribution is -0.138. The highest BCUT2D eigenvalue weighted by Gasteiger charge is 2.31. The molecule has 0 spiro atoms. The molecule has 0 N–H and O–H groups in total. The maximum absolute atomic E-state index is 13.2. The van der Waals surface area contributed by atoms with Crippen LogP contribution in [-0.2, 0) is 11.3 Å². The molecule has 2 saturated heterocycles. The molecule has 2 aliphatic rings. The number of carbonyl (C=O) groups is 1. The van der Waals surface area contributed by atoms with Gasteiger partial charge < -0.3 is 4.90 Å². The summed E-state index contributed by atoms with van der Waals surface area (Å²) in [7, 11) is 0. The van der Waals surface area contributed by atoms with Gasteiger partial charge in [0.1, 0.15) is 0 Å². The lowest BCUT2D eigenvalue weighted by atomic mass is 9.83. The predicted molar refractivity (Wildman–Crippen MR) is 131 cm³/mol. The maximum Gasteiger partial charge on any atom is 0.225 e. The molecule has 0 aliphatic carbocycles. The normalized spacial score (nSPS) is 19.3. The molecule has 2 aromatic rings. The third kappa shape index (κ3) is 5.66. The predicted octanol–water partition coefficient (Wildman–Crippen LogP) is 5.33. The van der Waals surface area contributed by atoms with E-state index in [2.05, 4.69) is 71.1 Å². The first kappa shape index (κ1) is 22.7. The Kier molecular flexibility index (Phi) is 7.75. The molecule has 0 unspecified atom stereocenters. The van der Waals surface area contributed by atoms with Gasteiger partial charge in [-0.1, -0.05) is 42.8 Å². The molecular formula is C28H37N3O. The topological polar surface area (TPSA) is 36.4 Å². The van der Waals surface area contributed by atoms with Gasteiger partial charge in [-0.3, -0.25) is 14.7 Å². The highest BCUT2D eigenvalue weighted by atomic mass is 16.2. The third-order valence-corrected chi connectivity index (χ3v) is 7.15. The zero-order valence-corrected chi connectivity index (χ0v) is 19.7. The number of aromatic nitrogens is 1. The Morgan fingerprint density at radius 3 is 2.19 bits per heavy atom. The van der Waals surface area contributed by atoms with Crippen LogP contribution in [0.4, 0.5) is 0 Å². The van der Waals surface area contributed by atoms with E-state index in [4.69, 9.17) is 0 Å². The number of carbonyl (C=O) groups excluding carboxylic acids is 1. The van der Waals surface area contributed by atoms with Crippen molar-refractivity contribution in [2.75, 3.05) is 26.2 Å². The smallest absolute Gasteiger partial charge is 0.225 e. The van der Waals surface area contributed by atoms with E-state index >= 15 is 0 Å². The van der Waals surface area contributed by atoms with Crippen molar-refractivity contribution in [3.63, 3.8) is 0 Å². The number of benzene rings is 1. The van der Waals surface area contributed by atoms with Gasteiger partial charge in [0, 0.05) is 37.9 Å². The fraction of sp³-hybridized carbons (Fsp3) is 0.500. The summed E-state index contributed by atoms with van der Waals surface area (Å²) in [5.74, 6) is 1.15. The van der Waals surface area contributed by atoms with Crippen LogP contribution in [0.1, 0.15) is 55.7 Å². The number of hydrogen-bond acceptors (Lipinski definition) is 3. The number of amides is 1. The Balaban J connectivity index is 1.28. The van der Waals surface area contributed by atoms with Crippen LogP contribution in [0, 0.1) is 18.8 Å². The fourth-order valence-corrected chi connectivity index (χ4v) is 5.24. The van der Waals surface area contributed by atoms with Crippen molar-refractivity contribution < 1.29 is 4.79 Å². The quantitative estimate of drug-likeness (QED) is 0.620. The van der Waals surface area contributed by atoms with Gasteiger partial charge in [-0.05, 0) is 86.9 Å². The maximum atomic E-state index is 13.2. The summed E-state index contributed by atoms with van der Waals surface area (Å²) in [5, 5.41) is 0. The summed E-state index contributed by atoms with van der Waals surface area (Å²) in [6, 6.07) is 13.1. The van der Waals surface area contributed by atoms with E-state index < -0.39 is 0 Å². The summed E-state index contributed by atoms with van der Waals surface area (Å²) in [6.07, 6.45) is 11.3. The molecule has 32 heavy (non-hydrogen) atoms. The van der Waals surface area contributed by atoms with Crippen LogP contribution in [0.15, 0.2) is 54.9 Å². The van der Waals surface area contributed by atoms with Gasteiger partial charge >= 0.3 is 0 Å². The van der Waals surface area contributed by atoms with Gasteiger partial charge in [0.05, 0.1) is 0 Å². The molecule has 3 heterocycles. The monoisotopic (exact) mass is 431 g/mol. The molecule has 170 valence electrons. The van der Waals surface area contributed by atoms with Crippen LogP contribution in [0.3, 0.4) is 0 Å². The van der Waals surface area contributed by atoms with Crippen LogP contribution in [0.2, 0.25) is 0 Å². The standard InChI is InChI=1S/C28H37N3O/c1-3-4-27(24-7-5-22(2)6-8-24)25-13-19-31(20-14-25)28(32)26-11-17-30(18-12-26)21-23-9-15-29-16-10-23/h4-10,15-16,25-26H,3,11-14,17-21H2,1-2H3/b27-4-. The summed E-state index contributed by atoms with van der Waals surface area (Å²) in [4.78, 5) is 21.9. The average molecular weight is 432 g/mol. The van der Waals surface area contributed by atoms with E-state index in [0.29, 0.717) is 11.8 Å².